The van der Waals surface area contributed by atoms with Crippen LogP contribution in [-0.2, 0) is 0 Å². The zero-order chi connectivity index (χ0) is 22.1. The van der Waals surface area contributed by atoms with E-state index in [4.69, 9.17) is 21.6 Å². The number of aliphatic imine (C=N–C) groups is 2. The number of aliphatic hydroxyl groups is 2. The van der Waals surface area contributed by atoms with Gasteiger partial charge in [0.2, 0.25) is 0 Å². The Bertz CT molecular complexity index is 1200. The number of hydrogen-bond donors (Lipinski definition) is 2. The topological polar surface area (TPSA) is 65.2 Å². The molecule has 3 aromatic rings. The standard InChI is InChI=1S/C27H21ClN2O2/c28-20-13-9-19(10-14-20)27(29-25-21-7-3-1-5-17(21)11-15-23(25)31)30-26-22-8-4-2-6-18(22)12-16-24(26)32/h1-16,23-24,27,31-32H. The van der Waals surface area contributed by atoms with Gasteiger partial charge in [0, 0.05) is 16.1 Å². The van der Waals surface area contributed by atoms with Gasteiger partial charge >= 0.3 is 0 Å². The molecule has 3 aromatic carbocycles. The molecule has 2 N–H and O–H groups in total. The van der Waals surface area contributed by atoms with E-state index in [1.54, 1.807) is 24.3 Å². The maximum atomic E-state index is 10.7. The van der Waals surface area contributed by atoms with Crippen LogP contribution < -0.4 is 0 Å². The first-order valence-corrected chi connectivity index (χ1v) is 10.8. The lowest BCUT2D eigenvalue weighted by molar-refractivity contribution is 0.287. The van der Waals surface area contributed by atoms with Crippen molar-refractivity contribution in [3.63, 3.8) is 0 Å². The van der Waals surface area contributed by atoms with Crippen LogP contribution in [0.1, 0.15) is 34.0 Å². The molecule has 32 heavy (non-hydrogen) atoms. The maximum Gasteiger partial charge on any atom is 0.165 e. The smallest absolute Gasteiger partial charge is 0.165 e. The van der Waals surface area contributed by atoms with Crippen LogP contribution in [0.25, 0.3) is 12.2 Å². The van der Waals surface area contributed by atoms with Gasteiger partial charge in [-0.3, -0.25) is 9.98 Å². The summed E-state index contributed by atoms with van der Waals surface area (Å²) < 4.78 is 0. The number of hydrogen-bond acceptors (Lipinski definition) is 4. The number of benzene rings is 3. The lowest BCUT2D eigenvalue weighted by atomic mass is 9.93. The van der Waals surface area contributed by atoms with E-state index < -0.39 is 18.4 Å². The van der Waals surface area contributed by atoms with E-state index in [1.807, 2.05) is 72.8 Å². The van der Waals surface area contributed by atoms with Crippen LogP contribution >= 0.6 is 11.6 Å². The van der Waals surface area contributed by atoms with E-state index in [1.165, 1.54) is 0 Å². The maximum absolute atomic E-state index is 10.7. The number of fused-ring (bicyclic) bond motifs is 2. The van der Waals surface area contributed by atoms with Crippen LogP contribution in [0, 0.1) is 0 Å². The van der Waals surface area contributed by atoms with Crippen molar-refractivity contribution in [3.8, 4) is 0 Å². The molecule has 0 bridgehead atoms. The second-order valence-electron chi connectivity index (χ2n) is 7.74. The summed E-state index contributed by atoms with van der Waals surface area (Å²) in [6.07, 6.45) is 4.89. The fourth-order valence-electron chi connectivity index (χ4n) is 4.01. The summed E-state index contributed by atoms with van der Waals surface area (Å²) in [6.45, 7) is 0. The molecule has 2 aliphatic rings. The molecule has 0 saturated carbocycles. The summed E-state index contributed by atoms with van der Waals surface area (Å²) in [6, 6.07) is 23.0. The lowest BCUT2D eigenvalue weighted by Crippen LogP contribution is -2.26. The molecular weight excluding hydrogens is 420 g/mol. The van der Waals surface area contributed by atoms with E-state index >= 15 is 0 Å². The van der Waals surface area contributed by atoms with Crippen molar-refractivity contribution in [3.05, 3.63) is 118 Å². The summed E-state index contributed by atoms with van der Waals surface area (Å²) in [7, 11) is 0. The van der Waals surface area contributed by atoms with Gasteiger partial charge in [-0.2, -0.15) is 0 Å². The molecule has 5 heteroatoms. The minimum atomic E-state index is -0.844. The molecule has 2 unspecified atom stereocenters. The molecule has 0 heterocycles. The Morgan fingerprint density at radius 3 is 1.62 bits per heavy atom. The Morgan fingerprint density at radius 1 is 0.656 bits per heavy atom. The Kier molecular flexibility index (Phi) is 5.58. The SMILES string of the molecule is OC1C=Cc2ccccc2C1=NC(N=C1c2ccccc2C=CC1O)c1ccc(Cl)cc1. The minimum Gasteiger partial charge on any atom is -0.383 e. The molecule has 0 aromatic heterocycles. The van der Waals surface area contributed by atoms with Crippen LogP contribution in [0.4, 0.5) is 0 Å². The third-order valence-electron chi connectivity index (χ3n) is 5.64. The van der Waals surface area contributed by atoms with Crippen LogP contribution in [0.3, 0.4) is 0 Å². The highest BCUT2D eigenvalue weighted by atomic mass is 35.5. The molecule has 5 rings (SSSR count). The summed E-state index contributed by atoms with van der Waals surface area (Å²) in [5, 5.41) is 22.1. The molecular formula is C27H21ClN2O2. The molecule has 4 nitrogen and oxygen atoms in total. The quantitative estimate of drug-likeness (QED) is 0.595. The summed E-state index contributed by atoms with van der Waals surface area (Å²) in [5.74, 6) is 0. The first kappa shape index (κ1) is 20.6. The van der Waals surface area contributed by atoms with E-state index in [9.17, 15) is 10.2 Å². The monoisotopic (exact) mass is 440 g/mol. The van der Waals surface area contributed by atoms with Crippen LogP contribution in [0.2, 0.25) is 5.02 Å². The number of nitrogens with zero attached hydrogens (tertiary/aromatic N) is 2. The highest BCUT2D eigenvalue weighted by Crippen LogP contribution is 2.29. The number of halogens is 1. The van der Waals surface area contributed by atoms with Gasteiger partial charge < -0.3 is 10.2 Å². The van der Waals surface area contributed by atoms with Gasteiger partial charge in [0.25, 0.3) is 0 Å². The van der Waals surface area contributed by atoms with Crippen molar-refractivity contribution in [2.24, 2.45) is 9.98 Å². The van der Waals surface area contributed by atoms with Gasteiger partial charge in [0.15, 0.2) is 6.17 Å². The molecule has 0 saturated heterocycles. The molecule has 0 spiro atoms. The second kappa shape index (κ2) is 8.67. The fourth-order valence-corrected chi connectivity index (χ4v) is 4.14. The normalized spacial score (nSPS) is 22.6. The molecule has 0 fully saturated rings. The molecule has 0 aliphatic heterocycles. The van der Waals surface area contributed by atoms with Gasteiger partial charge in [-0.25, -0.2) is 0 Å². The average Bonchev–Trinajstić information content (AvgIpc) is 2.82. The zero-order valence-corrected chi connectivity index (χ0v) is 17.9. The predicted octanol–water partition coefficient (Wildman–Crippen LogP) is 5.09. The fraction of sp³-hybridized carbons (Fsp3) is 0.111. The van der Waals surface area contributed by atoms with E-state index in [0.717, 1.165) is 27.8 Å². The van der Waals surface area contributed by atoms with Gasteiger partial charge in [0.1, 0.15) is 12.2 Å². The Morgan fingerprint density at radius 2 is 1.12 bits per heavy atom. The first-order valence-electron chi connectivity index (χ1n) is 10.4. The van der Waals surface area contributed by atoms with E-state index in [2.05, 4.69) is 0 Å². The van der Waals surface area contributed by atoms with Crippen molar-refractivity contribution < 1.29 is 10.2 Å². The third-order valence-corrected chi connectivity index (χ3v) is 5.89. The van der Waals surface area contributed by atoms with Crippen molar-refractivity contribution in [2.75, 3.05) is 0 Å². The Hall–Kier alpha value is -3.31. The van der Waals surface area contributed by atoms with Crippen molar-refractivity contribution in [1.82, 2.24) is 0 Å². The Labute approximate surface area is 191 Å². The molecule has 158 valence electrons. The third kappa shape index (κ3) is 3.96. The highest BCUT2D eigenvalue weighted by Gasteiger charge is 2.24. The van der Waals surface area contributed by atoms with Gasteiger partial charge in [-0.05, 0) is 41.0 Å². The Balaban J connectivity index is 1.67. The van der Waals surface area contributed by atoms with Crippen LogP contribution in [0.15, 0.2) is 94.9 Å². The predicted molar refractivity (Wildman–Crippen MR) is 130 cm³/mol. The molecule has 2 aliphatic carbocycles. The number of rotatable bonds is 3. The number of aliphatic hydroxyl groups excluding tert-OH is 2. The summed E-state index contributed by atoms with van der Waals surface area (Å²) in [4.78, 5) is 9.82. The average molecular weight is 441 g/mol. The van der Waals surface area contributed by atoms with Crippen molar-refractivity contribution in [2.45, 2.75) is 18.4 Å². The minimum absolute atomic E-state index is 0.543. The van der Waals surface area contributed by atoms with E-state index in [0.29, 0.717) is 16.4 Å². The molecule has 0 amide bonds. The molecule has 0 radical (unpaired) electrons. The van der Waals surface area contributed by atoms with Crippen molar-refractivity contribution >= 4 is 35.2 Å². The highest BCUT2D eigenvalue weighted by molar-refractivity contribution is 6.30. The van der Waals surface area contributed by atoms with Crippen LogP contribution in [0.5, 0.6) is 0 Å². The molecule has 2 atom stereocenters. The lowest BCUT2D eigenvalue weighted by Gasteiger charge is -2.23. The first-order chi connectivity index (χ1) is 15.6. The zero-order valence-electron chi connectivity index (χ0n) is 17.1. The second-order valence-corrected chi connectivity index (χ2v) is 8.17. The summed E-state index contributed by atoms with van der Waals surface area (Å²) in [5.41, 5.74) is 5.61. The van der Waals surface area contributed by atoms with Gasteiger partial charge in [-0.15, -0.1) is 0 Å². The van der Waals surface area contributed by atoms with Crippen LogP contribution in [-0.4, -0.2) is 33.8 Å². The summed E-state index contributed by atoms with van der Waals surface area (Å²) >= 11 is 6.11. The van der Waals surface area contributed by atoms with Gasteiger partial charge in [-0.1, -0.05) is 84.4 Å². The largest absolute Gasteiger partial charge is 0.383 e. The van der Waals surface area contributed by atoms with Gasteiger partial charge in [0.05, 0.1) is 11.4 Å². The van der Waals surface area contributed by atoms with Crippen molar-refractivity contribution in [1.29, 1.82) is 0 Å². The van der Waals surface area contributed by atoms with E-state index in [-0.39, 0.29) is 0 Å².